The molecule has 7 nitrogen and oxygen atoms in total. The van der Waals surface area contributed by atoms with Crippen molar-refractivity contribution in [3.63, 3.8) is 0 Å². The number of rotatable bonds is 9. The van der Waals surface area contributed by atoms with Gasteiger partial charge in [0.2, 0.25) is 5.78 Å². The first-order valence-corrected chi connectivity index (χ1v) is 14.6. The highest BCUT2D eigenvalue weighted by Gasteiger charge is 2.22. The number of fused-ring (bicyclic) bond motifs is 4. The van der Waals surface area contributed by atoms with Gasteiger partial charge in [0.1, 0.15) is 4.70 Å². The lowest BCUT2D eigenvalue weighted by Crippen LogP contribution is -2.37. The fourth-order valence-corrected chi connectivity index (χ4v) is 6.39. The van der Waals surface area contributed by atoms with Gasteiger partial charge in [0.25, 0.3) is 11.5 Å². The molecule has 5 rings (SSSR count). The van der Waals surface area contributed by atoms with Gasteiger partial charge in [-0.2, -0.15) is 0 Å². The molecule has 0 radical (unpaired) electrons. The van der Waals surface area contributed by atoms with Crippen LogP contribution in [0.2, 0.25) is 0 Å². The highest BCUT2D eigenvalue weighted by Crippen LogP contribution is 2.25. The summed E-state index contributed by atoms with van der Waals surface area (Å²) in [7, 11) is 0. The fraction of sp³-hybridized carbons (Fsp3) is 0.552. The number of nitrogens with zero attached hydrogens (tertiary/aromatic N) is 5. The number of aromatic nitrogens is 3. The summed E-state index contributed by atoms with van der Waals surface area (Å²) in [5, 5.41) is 1.93. The van der Waals surface area contributed by atoms with Crippen LogP contribution in [0.4, 0.5) is 0 Å². The van der Waals surface area contributed by atoms with Crippen LogP contribution in [0.1, 0.15) is 63.7 Å². The van der Waals surface area contributed by atoms with E-state index in [0.717, 1.165) is 49.1 Å². The molecular weight excluding hydrogens is 482 g/mol. The molecule has 1 saturated heterocycles. The second-order valence-electron chi connectivity index (χ2n) is 11.3. The maximum atomic E-state index is 13.7. The first-order valence-electron chi connectivity index (χ1n) is 13.8. The molecule has 1 aliphatic heterocycles. The fourth-order valence-electron chi connectivity index (χ4n) is 5.63. The van der Waals surface area contributed by atoms with Crippen LogP contribution in [0, 0.1) is 11.8 Å². The average Bonchev–Trinajstić information content (AvgIpc) is 3.46. The van der Waals surface area contributed by atoms with Crippen molar-refractivity contribution in [1.82, 2.24) is 23.8 Å². The Balaban J connectivity index is 1.57. The summed E-state index contributed by atoms with van der Waals surface area (Å²) in [6.07, 6.45) is 4.85. The summed E-state index contributed by atoms with van der Waals surface area (Å²) in [5.41, 5.74) is 3.10. The van der Waals surface area contributed by atoms with Gasteiger partial charge in [-0.05, 0) is 80.4 Å². The van der Waals surface area contributed by atoms with Gasteiger partial charge in [0, 0.05) is 25.2 Å². The summed E-state index contributed by atoms with van der Waals surface area (Å²) in [5.74, 6) is 1.50. The number of benzene rings is 1. The van der Waals surface area contributed by atoms with E-state index in [4.69, 9.17) is 4.98 Å². The van der Waals surface area contributed by atoms with Gasteiger partial charge < -0.3 is 14.4 Å². The van der Waals surface area contributed by atoms with E-state index in [9.17, 15) is 9.59 Å². The van der Waals surface area contributed by atoms with Gasteiger partial charge in [-0.25, -0.2) is 9.38 Å². The van der Waals surface area contributed by atoms with Crippen LogP contribution in [-0.4, -0.2) is 62.4 Å². The normalized spacial score (nSPS) is 15.1. The highest BCUT2D eigenvalue weighted by atomic mass is 32.1. The minimum atomic E-state index is -0.0323. The van der Waals surface area contributed by atoms with E-state index >= 15 is 0 Å². The lowest BCUT2D eigenvalue weighted by Gasteiger charge is -2.26. The zero-order valence-corrected chi connectivity index (χ0v) is 23.4. The highest BCUT2D eigenvalue weighted by molar-refractivity contribution is 7.17. The lowest BCUT2D eigenvalue weighted by molar-refractivity contribution is 0.0715. The van der Waals surface area contributed by atoms with Gasteiger partial charge >= 0.3 is 0 Å². The molecule has 0 unspecified atom stereocenters. The first kappa shape index (κ1) is 25.9. The Labute approximate surface area is 222 Å². The minimum absolute atomic E-state index is 0.0323. The number of amides is 1. The van der Waals surface area contributed by atoms with E-state index in [1.54, 1.807) is 4.40 Å². The average molecular weight is 522 g/mol. The van der Waals surface area contributed by atoms with Crippen LogP contribution in [0.5, 0.6) is 0 Å². The lowest BCUT2D eigenvalue weighted by atomic mass is 10.1. The standard InChI is InChI=1S/C29H39N5O2S/c1-20(2)18-32(19-21(3)4)27(35)22-9-10-24-25(17-22)33(15-8-14-31-12-6-5-7-13-31)29-30-23-11-16-37-26(23)28(36)34(24)29/h9-11,16-17,20-21H,5-8,12-15,18-19H2,1-4H3. The molecule has 3 aromatic heterocycles. The number of hydrogen-bond donors (Lipinski definition) is 0. The maximum Gasteiger partial charge on any atom is 0.277 e. The summed E-state index contributed by atoms with van der Waals surface area (Å²) >= 11 is 1.43. The van der Waals surface area contributed by atoms with E-state index in [-0.39, 0.29) is 11.5 Å². The van der Waals surface area contributed by atoms with Crippen LogP contribution >= 0.6 is 11.3 Å². The zero-order chi connectivity index (χ0) is 26.1. The molecule has 1 amide bonds. The van der Waals surface area contributed by atoms with Crippen LogP contribution < -0.4 is 5.56 Å². The van der Waals surface area contributed by atoms with E-state index in [1.807, 2.05) is 34.5 Å². The summed E-state index contributed by atoms with van der Waals surface area (Å²) in [6.45, 7) is 14.2. The van der Waals surface area contributed by atoms with E-state index in [0.29, 0.717) is 27.9 Å². The smallest absolute Gasteiger partial charge is 0.277 e. The van der Waals surface area contributed by atoms with Crippen molar-refractivity contribution in [2.24, 2.45) is 11.8 Å². The van der Waals surface area contributed by atoms with Crippen molar-refractivity contribution in [3.8, 4) is 0 Å². The molecule has 198 valence electrons. The molecular formula is C29H39N5O2S. The Morgan fingerprint density at radius 3 is 2.43 bits per heavy atom. The van der Waals surface area contributed by atoms with Gasteiger partial charge in [0.15, 0.2) is 0 Å². The topological polar surface area (TPSA) is 62.9 Å². The number of carbonyl (C=O) groups excluding carboxylic acids is 1. The third kappa shape index (κ3) is 5.32. The molecule has 4 heterocycles. The Morgan fingerprint density at radius 2 is 1.73 bits per heavy atom. The van der Waals surface area contributed by atoms with Gasteiger partial charge in [-0.15, -0.1) is 11.3 Å². The maximum absolute atomic E-state index is 13.7. The van der Waals surface area contributed by atoms with Crippen molar-refractivity contribution < 1.29 is 4.79 Å². The van der Waals surface area contributed by atoms with E-state index < -0.39 is 0 Å². The van der Waals surface area contributed by atoms with Crippen LogP contribution in [0.15, 0.2) is 34.4 Å². The predicted octanol–water partition coefficient (Wildman–Crippen LogP) is 5.49. The van der Waals surface area contributed by atoms with Crippen molar-refractivity contribution in [1.29, 1.82) is 0 Å². The largest absolute Gasteiger partial charge is 0.338 e. The molecule has 4 aromatic rings. The molecule has 0 bridgehead atoms. The molecule has 1 aliphatic rings. The predicted molar refractivity (Wildman–Crippen MR) is 153 cm³/mol. The van der Waals surface area contributed by atoms with Crippen LogP contribution in [0.25, 0.3) is 27.0 Å². The third-order valence-corrected chi connectivity index (χ3v) is 8.11. The summed E-state index contributed by atoms with van der Waals surface area (Å²) < 4.78 is 4.57. The molecule has 37 heavy (non-hydrogen) atoms. The van der Waals surface area contributed by atoms with Crippen molar-refractivity contribution in [2.45, 2.75) is 59.9 Å². The van der Waals surface area contributed by atoms with Crippen molar-refractivity contribution in [2.75, 3.05) is 32.7 Å². The van der Waals surface area contributed by atoms with Gasteiger partial charge in [-0.1, -0.05) is 34.1 Å². The molecule has 8 heteroatoms. The number of carbonyl (C=O) groups is 1. The Bertz CT molecular complexity index is 1450. The zero-order valence-electron chi connectivity index (χ0n) is 22.6. The second kappa shape index (κ2) is 11.0. The summed E-state index contributed by atoms with van der Waals surface area (Å²) in [4.78, 5) is 36.6. The monoisotopic (exact) mass is 521 g/mol. The molecule has 0 atom stereocenters. The number of thiophene rings is 1. The van der Waals surface area contributed by atoms with E-state index in [1.165, 1.54) is 43.7 Å². The van der Waals surface area contributed by atoms with Gasteiger partial charge in [0.05, 0.1) is 16.6 Å². The second-order valence-corrected chi connectivity index (χ2v) is 12.2. The molecule has 0 saturated carbocycles. The van der Waals surface area contributed by atoms with Crippen LogP contribution in [-0.2, 0) is 6.54 Å². The number of imidazole rings is 1. The molecule has 0 aliphatic carbocycles. The van der Waals surface area contributed by atoms with Crippen molar-refractivity contribution >= 4 is 44.3 Å². The Kier molecular flexibility index (Phi) is 7.67. The third-order valence-electron chi connectivity index (χ3n) is 7.22. The minimum Gasteiger partial charge on any atom is -0.338 e. The Hall–Kier alpha value is -2.71. The van der Waals surface area contributed by atoms with Crippen molar-refractivity contribution in [3.05, 3.63) is 45.6 Å². The number of hydrogen-bond acceptors (Lipinski definition) is 5. The molecule has 0 N–H and O–H groups in total. The number of likely N-dealkylation sites (tertiary alicyclic amines) is 1. The number of piperidine rings is 1. The molecule has 1 aromatic carbocycles. The molecule has 1 fully saturated rings. The molecule has 0 spiro atoms. The first-order chi connectivity index (χ1) is 17.8. The van der Waals surface area contributed by atoms with E-state index in [2.05, 4.69) is 37.2 Å². The SMILES string of the molecule is CC(C)CN(CC(C)C)C(=O)c1ccc2c(c1)n(CCCN1CCCCC1)c1nc3ccsc3c(=O)n21. The van der Waals surface area contributed by atoms with Crippen LogP contribution in [0.3, 0.4) is 0 Å². The van der Waals surface area contributed by atoms with Gasteiger partial charge in [-0.3, -0.25) is 9.59 Å². The number of aryl methyl sites for hydroxylation is 1. The Morgan fingerprint density at radius 1 is 1.00 bits per heavy atom. The quantitative estimate of drug-likeness (QED) is 0.292. The summed E-state index contributed by atoms with van der Waals surface area (Å²) in [6, 6.07) is 7.71.